The predicted octanol–water partition coefficient (Wildman–Crippen LogP) is 4.42. The van der Waals surface area contributed by atoms with E-state index in [2.05, 4.69) is 27.3 Å². The van der Waals surface area contributed by atoms with Crippen LogP contribution in [0.25, 0.3) is 0 Å². The number of nitrogens with zero attached hydrogens (tertiary/aromatic N) is 2. The number of halogens is 1. The van der Waals surface area contributed by atoms with Crippen molar-refractivity contribution >= 4 is 17.5 Å². The fourth-order valence-electron chi connectivity index (χ4n) is 3.02. The summed E-state index contributed by atoms with van der Waals surface area (Å²) in [5.41, 5.74) is 2.70. The Morgan fingerprint density at radius 1 is 1.04 bits per heavy atom. The summed E-state index contributed by atoms with van der Waals surface area (Å²) in [6.07, 6.45) is 3.53. The fraction of sp³-hybridized carbons (Fsp3) is 0.273. The van der Waals surface area contributed by atoms with Crippen molar-refractivity contribution in [2.24, 2.45) is 0 Å². The molecule has 5 nitrogen and oxygen atoms in total. The zero-order valence-corrected chi connectivity index (χ0v) is 16.2. The molecule has 0 saturated heterocycles. The lowest BCUT2D eigenvalue weighted by atomic mass is 10.1. The molecule has 1 N–H and O–H groups in total. The van der Waals surface area contributed by atoms with Gasteiger partial charge in [0.2, 0.25) is 5.89 Å². The highest BCUT2D eigenvalue weighted by Gasteiger charge is 2.25. The second-order valence-corrected chi connectivity index (χ2v) is 7.57. The minimum atomic E-state index is -0.162. The lowest BCUT2D eigenvalue weighted by Crippen LogP contribution is -2.26. The third-order valence-corrected chi connectivity index (χ3v) is 4.88. The van der Waals surface area contributed by atoms with E-state index in [1.165, 1.54) is 11.8 Å². The molecule has 0 radical (unpaired) electrons. The zero-order valence-electron chi connectivity index (χ0n) is 15.5. The van der Waals surface area contributed by atoms with Gasteiger partial charge in [0.15, 0.2) is 5.69 Å². The Hall–Kier alpha value is -2.63. The molecule has 1 amide bonds. The van der Waals surface area contributed by atoms with Crippen LogP contribution in [-0.2, 0) is 19.6 Å². The highest BCUT2D eigenvalue weighted by atomic mass is 35.5. The largest absolute Gasteiger partial charge is 0.447 e. The number of carbonyl (C=O) groups is 1. The van der Waals surface area contributed by atoms with E-state index in [0.717, 1.165) is 36.5 Å². The molecule has 0 unspecified atom stereocenters. The Labute approximate surface area is 169 Å². The Kier molecular flexibility index (Phi) is 5.74. The number of aromatic nitrogens is 1. The van der Waals surface area contributed by atoms with Gasteiger partial charge in [-0.05, 0) is 36.1 Å². The minimum Gasteiger partial charge on any atom is -0.447 e. The molecule has 1 heterocycles. The van der Waals surface area contributed by atoms with Gasteiger partial charge >= 0.3 is 0 Å². The summed E-state index contributed by atoms with van der Waals surface area (Å²) in [5, 5.41) is 3.65. The molecule has 0 atom stereocenters. The molecule has 1 saturated carbocycles. The highest BCUT2D eigenvalue weighted by Crippen LogP contribution is 2.20. The average Bonchev–Trinajstić information content (AvgIpc) is 3.39. The van der Waals surface area contributed by atoms with E-state index in [9.17, 15) is 4.79 Å². The number of hydrogen-bond acceptors (Lipinski definition) is 4. The molecule has 0 bridgehead atoms. The first kappa shape index (κ1) is 18.7. The van der Waals surface area contributed by atoms with Crippen molar-refractivity contribution in [3.8, 4) is 0 Å². The number of hydrogen-bond donors (Lipinski definition) is 1. The van der Waals surface area contributed by atoms with Gasteiger partial charge in [-0.3, -0.25) is 9.69 Å². The van der Waals surface area contributed by atoms with Crippen molar-refractivity contribution < 1.29 is 9.21 Å². The molecule has 0 spiro atoms. The van der Waals surface area contributed by atoms with Crippen LogP contribution in [0.3, 0.4) is 0 Å². The Balaban J connectivity index is 1.47. The molecular weight excluding hydrogens is 374 g/mol. The fourth-order valence-corrected chi connectivity index (χ4v) is 3.15. The van der Waals surface area contributed by atoms with E-state index >= 15 is 0 Å². The zero-order chi connectivity index (χ0) is 19.3. The van der Waals surface area contributed by atoms with Gasteiger partial charge in [0, 0.05) is 24.2 Å². The van der Waals surface area contributed by atoms with Crippen LogP contribution in [-0.4, -0.2) is 21.8 Å². The van der Waals surface area contributed by atoms with Gasteiger partial charge < -0.3 is 9.73 Å². The quantitative estimate of drug-likeness (QED) is 0.613. The summed E-state index contributed by atoms with van der Waals surface area (Å²) in [4.78, 5) is 18.8. The van der Waals surface area contributed by atoms with E-state index in [-0.39, 0.29) is 5.91 Å². The first-order chi connectivity index (χ1) is 13.7. The third-order valence-electron chi connectivity index (χ3n) is 4.62. The number of benzene rings is 2. The van der Waals surface area contributed by atoms with Crippen molar-refractivity contribution in [3.63, 3.8) is 0 Å². The van der Waals surface area contributed by atoms with Crippen molar-refractivity contribution in [2.45, 2.75) is 38.5 Å². The molecule has 28 heavy (non-hydrogen) atoms. The average molecular weight is 396 g/mol. The maximum atomic E-state index is 12.1. The monoisotopic (exact) mass is 395 g/mol. The molecule has 1 aliphatic carbocycles. The summed E-state index contributed by atoms with van der Waals surface area (Å²) in [5.74, 6) is 0.371. The summed E-state index contributed by atoms with van der Waals surface area (Å²) < 4.78 is 5.58. The van der Waals surface area contributed by atoms with Crippen LogP contribution in [0.4, 0.5) is 0 Å². The van der Waals surface area contributed by atoms with Crippen molar-refractivity contribution in [1.29, 1.82) is 0 Å². The number of amides is 1. The van der Waals surface area contributed by atoms with Crippen LogP contribution in [0.2, 0.25) is 5.02 Å². The maximum Gasteiger partial charge on any atom is 0.273 e. The number of carbonyl (C=O) groups excluding carboxylic acids is 1. The minimum absolute atomic E-state index is 0.162. The molecule has 144 valence electrons. The smallest absolute Gasteiger partial charge is 0.273 e. The van der Waals surface area contributed by atoms with Gasteiger partial charge in [-0.2, -0.15) is 0 Å². The Morgan fingerprint density at radius 3 is 2.39 bits per heavy atom. The normalized spacial score (nSPS) is 13.6. The first-order valence-electron chi connectivity index (χ1n) is 9.42. The number of oxazole rings is 1. The van der Waals surface area contributed by atoms with Gasteiger partial charge in [-0.15, -0.1) is 0 Å². The van der Waals surface area contributed by atoms with Gasteiger partial charge in [0.1, 0.15) is 6.26 Å². The third kappa shape index (κ3) is 5.21. The Bertz CT molecular complexity index is 920. The molecular formula is C22H22ClN3O2. The van der Waals surface area contributed by atoms with Gasteiger partial charge in [-0.25, -0.2) is 4.98 Å². The van der Waals surface area contributed by atoms with Crippen LogP contribution in [0.5, 0.6) is 0 Å². The highest BCUT2D eigenvalue weighted by molar-refractivity contribution is 6.30. The van der Waals surface area contributed by atoms with Crippen molar-refractivity contribution in [3.05, 3.63) is 88.6 Å². The van der Waals surface area contributed by atoms with Crippen molar-refractivity contribution in [2.75, 3.05) is 0 Å². The summed E-state index contributed by atoms with van der Waals surface area (Å²) in [7, 11) is 0. The summed E-state index contributed by atoms with van der Waals surface area (Å²) in [6, 6.07) is 18.4. The van der Waals surface area contributed by atoms with E-state index in [1.54, 1.807) is 0 Å². The second-order valence-electron chi connectivity index (χ2n) is 7.13. The number of nitrogens with one attached hydrogen (secondary N) is 1. The maximum absolute atomic E-state index is 12.1. The molecule has 3 aromatic rings. The van der Waals surface area contributed by atoms with Crippen LogP contribution < -0.4 is 5.32 Å². The second kappa shape index (κ2) is 8.59. The van der Waals surface area contributed by atoms with Crippen LogP contribution in [0.1, 0.15) is 40.3 Å². The molecule has 1 aliphatic rings. The topological polar surface area (TPSA) is 58.4 Å². The van der Waals surface area contributed by atoms with Gasteiger partial charge in [0.05, 0.1) is 6.54 Å². The van der Waals surface area contributed by atoms with Crippen LogP contribution in [0.15, 0.2) is 65.3 Å². The molecule has 0 aliphatic heterocycles. The first-order valence-corrected chi connectivity index (χ1v) is 9.79. The van der Waals surface area contributed by atoms with Gasteiger partial charge in [0.25, 0.3) is 5.91 Å². The molecule has 1 fully saturated rings. The van der Waals surface area contributed by atoms with Crippen molar-refractivity contribution in [1.82, 2.24) is 15.2 Å². The molecule has 1 aromatic heterocycles. The molecule has 6 heteroatoms. The standard InChI is InChI=1S/C22H22ClN3O2/c23-18-8-6-17(7-9-18)13-26(12-16-4-2-1-3-5-16)14-21-25-20(15-28-21)22(27)24-19-10-11-19/h1-9,15,19H,10-14H2,(H,24,27). The van der Waals surface area contributed by atoms with E-state index < -0.39 is 0 Å². The molecule has 2 aromatic carbocycles. The van der Waals surface area contributed by atoms with E-state index in [0.29, 0.717) is 24.2 Å². The van der Waals surface area contributed by atoms with E-state index in [4.69, 9.17) is 16.0 Å². The predicted molar refractivity (Wildman–Crippen MR) is 108 cm³/mol. The molecule has 4 rings (SSSR count). The summed E-state index contributed by atoms with van der Waals surface area (Å²) >= 11 is 6.00. The number of rotatable bonds is 8. The lowest BCUT2D eigenvalue weighted by Gasteiger charge is -2.21. The van der Waals surface area contributed by atoms with E-state index in [1.807, 2.05) is 42.5 Å². The van der Waals surface area contributed by atoms with Crippen LogP contribution >= 0.6 is 11.6 Å². The Morgan fingerprint density at radius 2 is 1.71 bits per heavy atom. The van der Waals surface area contributed by atoms with Gasteiger partial charge in [-0.1, -0.05) is 54.1 Å². The summed E-state index contributed by atoms with van der Waals surface area (Å²) in [6.45, 7) is 1.97. The SMILES string of the molecule is O=C(NC1CC1)c1coc(CN(Cc2ccccc2)Cc2ccc(Cl)cc2)n1. The van der Waals surface area contributed by atoms with Crippen LogP contribution in [0, 0.1) is 0 Å². The lowest BCUT2D eigenvalue weighted by molar-refractivity contribution is 0.0946.